The Labute approximate surface area is 119 Å². The maximum atomic E-state index is 12.0. The van der Waals surface area contributed by atoms with Crippen molar-refractivity contribution in [2.24, 2.45) is 5.92 Å². The second-order valence-corrected chi connectivity index (χ2v) is 5.05. The number of allylic oxidation sites excluding steroid dienone is 5. The Hall–Kier alpha value is -2.29. The van der Waals surface area contributed by atoms with Crippen LogP contribution in [0.25, 0.3) is 0 Å². The van der Waals surface area contributed by atoms with Gasteiger partial charge in [-0.2, -0.15) is 0 Å². The van der Waals surface area contributed by atoms with Crippen LogP contribution >= 0.6 is 0 Å². The highest BCUT2D eigenvalue weighted by Crippen LogP contribution is 2.19. The van der Waals surface area contributed by atoms with E-state index in [1.54, 1.807) is 18.2 Å². The number of hydrogen-bond donors (Lipinski definition) is 1. The molecule has 1 unspecified atom stereocenters. The highest BCUT2D eigenvalue weighted by atomic mass is 16.3. The normalized spacial score (nSPS) is 18.1. The van der Waals surface area contributed by atoms with Gasteiger partial charge in [-0.25, -0.2) is 0 Å². The molecule has 0 aliphatic heterocycles. The lowest BCUT2D eigenvalue weighted by Gasteiger charge is -2.19. The SMILES string of the molecule is CN(C)C1=CCC(/C=C/C(=O)c2ccc(O)cc2)C=C1. The van der Waals surface area contributed by atoms with Gasteiger partial charge in [0.2, 0.25) is 0 Å². The lowest BCUT2D eigenvalue weighted by atomic mass is 9.97. The molecule has 104 valence electrons. The standard InChI is InChI=1S/C17H19NO2/c1-18(2)15-8-3-13(4-9-15)5-12-17(20)14-6-10-16(19)11-7-14/h3,5-13,19H,4H2,1-2H3/b12-5+. The molecule has 0 spiro atoms. The molecule has 0 fully saturated rings. The molecule has 1 aromatic carbocycles. The van der Waals surface area contributed by atoms with Gasteiger partial charge in [0.1, 0.15) is 5.75 Å². The van der Waals surface area contributed by atoms with E-state index in [2.05, 4.69) is 23.1 Å². The van der Waals surface area contributed by atoms with Crippen molar-refractivity contribution in [2.75, 3.05) is 14.1 Å². The van der Waals surface area contributed by atoms with Crippen LogP contribution in [0.5, 0.6) is 5.75 Å². The minimum Gasteiger partial charge on any atom is -0.508 e. The van der Waals surface area contributed by atoms with Gasteiger partial charge in [-0.15, -0.1) is 0 Å². The summed E-state index contributed by atoms with van der Waals surface area (Å²) in [6, 6.07) is 6.30. The van der Waals surface area contributed by atoms with Crippen molar-refractivity contribution < 1.29 is 9.90 Å². The zero-order chi connectivity index (χ0) is 14.5. The lowest BCUT2D eigenvalue weighted by molar-refractivity contribution is 0.104. The van der Waals surface area contributed by atoms with E-state index in [-0.39, 0.29) is 17.5 Å². The summed E-state index contributed by atoms with van der Waals surface area (Å²) in [6.07, 6.45) is 10.8. The first-order valence-electron chi connectivity index (χ1n) is 6.63. The van der Waals surface area contributed by atoms with Crippen LogP contribution in [0, 0.1) is 5.92 Å². The van der Waals surface area contributed by atoms with E-state index in [4.69, 9.17) is 0 Å². The van der Waals surface area contributed by atoms with Crippen molar-refractivity contribution in [1.29, 1.82) is 0 Å². The second kappa shape index (κ2) is 6.24. The molecule has 0 aromatic heterocycles. The predicted molar refractivity (Wildman–Crippen MR) is 80.6 cm³/mol. The van der Waals surface area contributed by atoms with E-state index >= 15 is 0 Å². The summed E-state index contributed by atoms with van der Waals surface area (Å²) in [7, 11) is 4.03. The zero-order valence-electron chi connectivity index (χ0n) is 11.8. The van der Waals surface area contributed by atoms with Gasteiger partial charge in [-0.3, -0.25) is 4.79 Å². The van der Waals surface area contributed by atoms with Crippen LogP contribution in [-0.2, 0) is 0 Å². The summed E-state index contributed by atoms with van der Waals surface area (Å²) in [5.74, 6) is 0.391. The number of hydrogen-bond acceptors (Lipinski definition) is 3. The first-order chi connectivity index (χ1) is 9.56. The third kappa shape index (κ3) is 3.60. The van der Waals surface area contributed by atoms with E-state index in [9.17, 15) is 9.90 Å². The van der Waals surface area contributed by atoms with Crippen molar-refractivity contribution in [3.05, 3.63) is 65.9 Å². The van der Waals surface area contributed by atoms with Crippen LogP contribution in [0.2, 0.25) is 0 Å². The molecule has 1 aliphatic rings. The molecule has 0 radical (unpaired) electrons. The Morgan fingerprint density at radius 3 is 2.55 bits per heavy atom. The minimum absolute atomic E-state index is 0.0409. The molecule has 0 bridgehead atoms. The number of phenolic OH excluding ortho intramolecular Hbond substituents is 1. The number of ketones is 1. The topological polar surface area (TPSA) is 40.5 Å². The average Bonchev–Trinajstić information content (AvgIpc) is 2.46. The first kappa shape index (κ1) is 14.1. The van der Waals surface area contributed by atoms with Crippen LogP contribution in [0.3, 0.4) is 0 Å². The van der Waals surface area contributed by atoms with Crippen molar-refractivity contribution in [3.8, 4) is 5.75 Å². The predicted octanol–water partition coefficient (Wildman–Crippen LogP) is 3.15. The molecule has 1 atom stereocenters. The highest BCUT2D eigenvalue weighted by molar-refractivity contribution is 6.04. The smallest absolute Gasteiger partial charge is 0.185 e. The van der Waals surface area contributed by atoms with E-state index < -0.39 is 0 Å². The highest BCUT2D eigenvalue weighted by Gasteiger charge is 2.08. The first-order valence-corrected chi connectivity index (χ1v) is 6.63. The molecule has 0 saturated carbocycles. The molecule has 0 amide bonds. The number of carbonyl (C=O) groups is 1. The molecule has 1 aliphatic carbocycles. The summed E-state index contributed by atoms with van der Waals surface area (Å²) < 4.78 is 0. The van der Waals surface area contributed by atoms with Gasteiger partial charge in [0.05, 0.1) is 0 Å². The fraction of sp³-hybridized carbons (Fsp3) is 0.235. The van der Waals surface area contributed by atoms with Crippen LogP contribution in [-0.4, -0.2) is 29.9 Å². The van der Waals surface area contributed by atoms with Gasteiger partial charge in [-0.05, 0) is 48.8 Å². The van der Waals surface area contributed by atoms with E-state index in [1.165, 1.54) is 17.8 Å². The number of phenols is 1. The third-order valence-electron chi connectivity index (χ3n) is 3.28. The Bertz CT molecular complexity index is 565. The summed E-state index contributed by atoms with van der Waals surface area (Å²) in [5, 5.41) is 9.19. The molecule has 1 aromatic rings. The van der Waals surface area contributed by atoms with Crippen molar-refractivity contribution in [3.63, 3.8) is 0 Å². The summed E-state index contributed by atoms with van der Waals surface area (Å²) in [6.45, 7) is 0. The molecular weight excluding hydrogens is 250 g/mol. The molecule has 3 heteroatoms. The fourth-order valence-electron chi connectivity index (χ4n) is 2.03. The number of carbonyl (C=O) groups excluding carboxylic acids is 1. The molecule has 1 N–H and O–H groups in total. The average molecular weight is 269 g/mol. The monoisotopic (exact) mass is 269 g/mol. The third-order valence-corrected chi connectivity index (χ3v) is 3.28. The van der Waals surface area contributed by atoms with Gasteiger partial charge in [-0.1, -0.05) is 18.2 Å². The summed E-state index contributed by atoms with van der Waals surface area (Å²) in [4.78, 5) is 14.0. The van der Waals surface area contributed by atoms with Gasteiger partial charge in [0.25, 0.3) is 0 Å². The Kier molecular flexibility index (Phi) is 4.41. The van der Waals surface area contributed by atoms with Crippen LogP contribution < -0.4 is 0 Å². The Morgan fingerprint density at radius 1 is 1.30 bits per heavy atom. The van der Waals surface area contributed by atoms with Crippen molar-refractivity contribution in [1.82, 2.24) is 4.90 Å². The van der Waals surface area contributed by atoms with Gasteiger partial charge in [0.15, 0.2) is 5.78 Å². The van der Waals surface area contributed by atoms with Crippen molar-refractivity contribution in [2.45, 2.75) is 6.42 Å². The van der Waals surface area contributed by atoms with Gasteiger partial charge >= 0.3 is 0 Å². The van der Waals surface area contributed by atoms with E-state index in [1.807, 2.05) is 20.2 Å². The second-order valence-electron chi connectivity index (χ2n) is 5.05. The van der Waals surface area contributed by atoms with Gasteiger partial charge < -0.3 is 10.0 Å². The maximum Gasteiger partial charge on any atom is 0.185 e. The number of nitrogens with zero attached hydrogens (tertiary/aromatic N) is 1. The number of benzene rings is 1. The Balaban J connectivity index is 1.96. The quantitative estimate of drug-likeness (QED) is 0.674. The fourth-order valence-corrected chi connectivity index (χ4v) is 2.03. The van der Waals surface area contributed by atoms with E-state index in [0.717, 1.165) is 6.42 Å². The van der Waals surface area contributed by atoms with Crippen LogP contribution in [0.4, 0.5) is 0 Å². The number of rotatable bonds is 4. The van der Waals surface area contributed by atoms with Crippen LogP contribution in [0.1, 0.15) is 16.8 Å². The largest absolute Gasteiger partial charge is 0.508 e. The maximum absolute atomic E-state index is 12.0. The minimum atomic E-state index is -0.0409. The molecule has 3 nitrogen and oxygen atoms in total. The molecule has 2 rings (SSSR count). The number of likely N-dealkylation sites (N-methyl/N-ethyl adjacent to an activating group) is 1. The number of aromatic hydroxyl groups is 1. The molecule has 20 heavy (non-hydrogen) atoms. The summed E-state index contributed by atoms with van der Waals surface area (Å²) >= 11 is 0. The molecular formula is C17H19NO2. The van der Waals surface area contributed by atoms with Crippen molar-refractivity contribution >= 4 is 5.78 Å². The lowest BCUT2D eigenvalue weighted by Crippen LogP contribution is -2.12. The van der Waals surface area contributed by atoms with Gasteiger partial charge in [0, 0.05) is 25.4 Å². The zero-order valence-corrected chi connectivity index (χ0v) is 11.8. The van der Waals surface area contributed by atoms with Crippen LogP contribution in [0.15, 0.2) is 60.3 Å². The van der Waals surface area contributed by atoms with E-state index in [0.29, 0.717) is 5.56 Å². The molecule has 0 heterocycles. The Morgan fingerprint density at radius 2 is 2.00 bits per heavy atom. The molecule has 0 saturated heterocycles. The summed E-state index contributed by atoms with van der Waals surface area (Å²) in [5.41, 5.74) is 1.78.